The fraction of sp³-hybridized carbons (Fsp3) is 0.588. The molecule has 0 aliphatic carbocycles. The summed E-state index contributed by atoms with van der Waals surface area (Å²) in [5.74, 6) is 0.677. The molecule has 9 heteroatoms. The molecule has 26 heavy (non-hydrogen) atoms. The topological polar surface area (TPSA) is 107 Å². The van der Waals surface area contributed by atoms with Crippen molar-refractivity contribution >= 4 is 23.5 Å². The molecule has 0 bridgehead atoms. The Morgan fingerprint density at radius 1 is 1.19 bits per heavy atom. The Morgan fingerprint density at radius 3 is 2.69 bits per heavy atom. The lowest BCUT2D eigenvalue weighted by Gasteiger charge is -2.44. The lowest BCUT2D eigenvalue weighted by Crippen LogP contribution is -2.57. The number of carbonyl (C=O) groups is 2. The van der Waals surface area contributed by atoms with Crippen LogP contribution >= 0.6 is 0 Å². The van der Waals surface area contributed by atoms with Crippen molar-refractivity contribution in [2.45, 2.75) is 37.9 Å². The summed E-state index contributed by atoms with van der Waals surface area (Å²) in [4.78, 5) is 39.6. The fourth-order valence-corrected chi connectivity index (χ4v) is 4.25. The van der Waals surface area contributed by atoms with Gasteiger partial charge in [0.25, 0.3) is 5.56 Å². The van der Waals surface area contributed by atoms with Crippen LogP contribution in [0, 0.1) is 0 Å². The predicted molar refractivity (Wildman–Crippen MR) is 95.7 cm³/mol. The summed E-state index contributed by atoms with van der Waals surface area (Å²) in [5, 5.41) is 14.5. The van der Waals surface area contributed by atoms with Crippen molar-refractivity contribution in [2.75, 3.05) is 36.4 Å². The molecule has 3 aliphatic heterocycles. The fourth-order valence-electron chi connectivity index (χ4n) is 4.25. The summed E-state index contributed by atoms with van der Waals surface area (Å²) >= 11 is 0. The van der Waals surface area contributed by atoms with E-state index in [1.54, 1.807) is 21.6 Å². The third-order valence-electron chi connectivity index (χ3n) is 5.52. The zero-order valence-corrected chi connectivity index (χ0v) is 14.5. The molecule has 0 aromatic carbocycles. The van der Waals surface area contributed by atoms with Gasteiger partial charge in [-0.3, -0.25) is 19.1 Å². The summed E-state index contributed by atoms with van der Waals surface area (Å²) < 4.78 is 1.68. The summed E-state index contributed by atoms with van der Waals surface area (Å²) in [6.07, 6.45) is 1.32. The largest absolute Gasteiger partial charge is 0.465 e. The molecule has 1 atom stereocenters. The highest BCUT2D eigenvalue weighted by Crippen LogP contribution is 2.34. The molecular weight excluding hydrogens is 338 g/mol. The highest BCUT2D eigenvalue weighted by Gasteiger charge is 2.37. The van der Waals surface area contributed by atoms with Crippen LogP contribution in [0.4, 0.5) is 16.3 Å². The third kappa shape index (κ3) is 3.03. The van der Waals surface area contributed by atoms with E-state index >= 15 is 0 Å². The number of hydrogen-bond donors (Lipinski definition) is 3. The number of carbonyl (C=O) groups excluding carboxylic acids is 1. The van der Waals surface area contributed by atoms with Gasteiger partial charge in [0.15, 0.2) is 0 Å². The van der Waals surface area contributed by atoms with Crippen LogP contribution in [0.5, 0.6) is 0 Å². The standard InChI is InChI=1S/C17H23N5O4/c23-14-2-1-13-16-21(14)8-5-12(22(16)15(24)9-18-13)10-20-6-3-11(4-7-20)19-17(25)26/h1-2,11-12,18-19H,3-10H2,(H,25,26)/t12-/m0/s1. The summed E-state index contributed by atoms with van der Waals surface area (Å²) in [6, 6.07) is 3.33. The molecule has 140 valence electrons. The number of piperidine rings is 1. The quantitative estimate of drug-likeness (QED) is 0.706. The molecule has 9 nitrogen and oxygen atoms in total. The van der Waals surface area contributed by atoms with E-state index in [1.807, 2.05) is 0 Å². The van der Waals surface area contributed by atoms with Gasteiger partial charge in [0.05, 0.1) is 18.3 Å². The Morgan fingerprint density at radius 2 is 1.96 bits per heavy atom. The van der Waals surface area contributed by atoms with Crippen LogP contribution < -0.4 is 21.1 Å². The van der Waals surface area contributed by atoms with E-state index in [9.17, 15) is 14.4 Å². The van der Waals surface area contributed by atoms with Gasteiger partial charge in [-0.1, -0.05) is 0 Å². The average molecular weight is 361 g/mol. The number of likely N-dealkylation sites (tertiary alicyclic amines) is 1. The number of anilines is 2. The van der Waals surface area contributed by atoms with Crippen LogP contribution in [0.1, 0.15) is 19.3 Å². The number of aromatic nitrogens is 1. The van der Waals surface area contributed by atoms with Crippen LogP contribution in [-0.4, -0.2) is 64.8 Å². The van der Waals surface area contributed by atoms with Gasteiger partial charge in [0.1, 0.15) is 5.82 Å². The molecular formula is C17H23N5O4. The first-order chi connectivity index (χ1) is 12.5. The molecule has 0 spiro atoms. The SMILES string of the molecule is O=C(O)NC1CCN(C[C@@H]2CCn3c4c(ccc3=O)NCC(=O)N42)CC1. The van der Waals surface area contributed by atoms with Crippen molar-refractivity contribution in [3.63, 3.8) is 0 Å². The van der Waals surface area contributed by atoms with Crippen molar-refractivity contribution in [1.82, 2.24) is 14.8 Å². The van der Waals surface area contributed by atoms with Gasteiger partial charge in [0, 0.05) is 38.3 Å². The molecule has 0 unspecified atom stereocenters. The normalized spacial score (nSPS) is 23.3. The summed E-state index contributed by atoms with van der Waals surface area (Å²) in [6.45, 7) is 3.20. The van der Waals surface area contributed by atoms with Gasteiger partial charge in [-0.2, -0.15) is 0 Å². The Bertz CT molecular complexity index is 784. The van der Waals surface area contributed by atoms with Gasteiger partial charge in [-0.05, 0) is 25.3 Å². The number of pyridine rings is 1. The van der Waals surface area contributed by atoms with E-state index in [1.165, 1.54) is 0 Å². The highest BCUT2D eigenvalue weighted by molar-refractivity contribution is 6.02. The number of nitrogens with zero attached hydrogens (tertiary/aromatic N) is 3. The maximum Gasteiger partial charge on any atom is 0.404 e. The Labute approximate surface area is 150 Å². The predicted octanol–water partition coefficient (Wildman–Crippen LogP) is 0.111. The molecule has 0 saturated carbocycles. The van der Waals surface area contributed by atoms with Crippen LogP contribution in [-0.2, 0) is 11.3 Å². The lowest BCUT2D eigenvalue weighted by atomic mass is 10.0. The van der Waals surface area contributed by atoms with E-state index in [-0.39, 0.29) is 30.1 Å². The minimum atomic E-state index is -0.975. The Hall–Kier alpha value is -2.55. The minimum absolute atomic E-state index is 0.00169. The van der Waals surface area contributed by atoms with E-state index < -0.39 is 6.09 Å². The molecule has 4 rings (SSSR count). The highest BCUT2D eigenvalue weighted by atomic mass is 16.4. The van der Waals surface area contributed by atoms with Crippen LogP contribution in [0.2, 0.25) is 0 Å². The van der Waals surface area contributed by atoms with E-state index in [0.717, 1.165) is 44.6 Å². The van der Waals surface area contributed by atoms with E-state index in [4.69, 9.17) is 5.11 Å². The summed E-state index contributed by atoms with van der Waals surface area (Å²) in [7, 11) is 0. The van der Waals surface area contributed by atoms with Crippen LogP contribution in [0.15, 0.2) is 16.9 Å². The van der Waals surface area contributed by atoms with Crippen LogP contribution in [0.3, 0.4) is 0 Å². The first-order valence-electron chi connectivity index (χ1n) is 9.04. The van der Waals surface area contributed by atoms with Gasteiger partial charge < -0.3 is 20.6 Å². The van der Waals surface area contributed by atoms with Gasteiger partial charge in [-0.25, -0.2) is 4.79 Å². The molecule has 1 aromatic heterocycles. The number of hydrogen-bond acceptors (Lipinski definition) is 5. The molecule has 3 N–H and O–H groups in total. The van der Waals surface area contributed by atoms with E-state index in [2.05, 4.69) is 15.5 Å². The monoisotopic (exact) mass is 361 g/mol. The second-order valence-electron chi connectivity index (χ2n) is 7.14. The smallest absolute Gasteiger partial charge is 0.404 e. The summed E-state index contributed by atoms with van der Waals surface area (Å²) in [5.41, 5.74) is 0.752. The second kappa shape index (κ2) is 6.64. The van der Waals surface area contributed by atoms with Gasteiger partial charge >= 0.3 is 6.09 Å². The maximum absolute atomic E-state index is 12.6. The molecule has 1 fully saturated rings. The molecule has 0 radical (unpaired) electrons. The number of carboxylic acid groups (broad SMARTS) is 1. The molecule has 1 saturated heterocycles. The third-order valence-corrected chi connectivity index (χ3v) is 5.52. The second-order valence-corrected chi connectivity index (χ2v) is 7.14. The molecule has 4 heterocycles. The zero-order chi connectivity index (χ0) is 18.3. The van der Waals surface area contributed by atoms with Crippen molar-refractivity contribution in [1.29, 1.82) is 0 Å². The van der Waals surface area contributed by atoms with Gasteiger partial charge in [-0.15, -0.1) is 0 Å². The average Bonchev–Trinajstić information content (AvgIpc) is 2.62. The Balaban J connectivity index is 1.49. The van der Waals surface area contributed by atoms with E-state index in [0.29, 0.717) is 12.4 Å². The van der Waals surface area contributed by atoms with Gasteiger partial charge in [0.2, 0.25) is 5.91 Å². The number of nitrogens with one attached hydrogen (secondary N) is 2. The first-order valence-corrected chi connectivity index (χ1v) is 9.04. The molecule has 3 aliphatic rings. The molecule has 2 amide bonds. The van der Waals surface area contributed by atoms with Crippen molar-refractivity contribution < 1.29 is 14.7 Å². The van der Waals surface area contributed by atoms with Crippen molar-refractivity contribution in [3.05, 3.63) is 22.5 Å². The number of rotatable bonds is 3. The van der Waals surface area contributed by atoms with Crippen LogP contribution in [0.25, 0.3) is 0 Å². The maximum atomic E-state index is 12.6. The first kappa shape index (κ1) is 16.9. The van der Waals surface area contributed by atoms with Crippen molar-refractivity contribution in [2.24, 2.45) is 0 Å². The van der Waals surface area contributed by atoms with Crippen molar-refractivity contribution in [3.8, 4) is 0 Å². The zero-order valence-electron chi connectivity index (χ0n) is 14.5. The lowest BCUT2D eigenvalue weighted by molar-refractivity contribution is -0.118. The number of amides is 2. The minimum Gasteiger partial charge on any atom is -0.465 e. The Kier molecular flexibility index (Phi) is 4.31. The molecule has 1 aromatic rings.